The second-order valence-corrected chi connectivity index (χ2v) is 9.32. The summed E-state index contributed by atoms with van der Waals surface area (Å²) in [7, 11) is 0. The third kappa shape index (κ3) is 5.82. The number of amides is 1. The molecule has 0 radical (unpaired) electrons. The summed E-state index contributed by atoms with van der Waals surface area (Å²) in [5, 5.41) is 5.15. The number of nitrogens with one attached hydrogen (secondary N) is 1. The molecule has 0 bridgehead atoms. The van der Waals surface area contributed by atoms with Crippen molar-refractivity contribution in [3.8, 4) is 11.8 Å². The standard InChI is InChI=1S/C29H32N2OS/c1-5-22(3)29(4,17-15-25-12-9-19-33-25)27-20-24(14-13-21(27)2)31-28(32)26(16-18-30)23-10-7-6-8-11-23/h6-14,19-20,26H,3,5,16,18,30H2,1-2,4H3,(H,31,32). The maximum Gasteiger partial charge on any atom is 0.231 e. The fraction of sp³-hybridized carbons (Fsp3) is 0.276. The molecule has 170 valence electrons. The van der Waals surface area contributed by atoms with Crippen molar-refractivity contribution in [3.63, 3.8) is 0 Å². The molecule has 2 atom stereocenters. The molecule has 3 rings (SSSR count). The fourth-order valence-electron chi connectivity index (χ4n) is 4.00. The lowest BCUT2D eigenvalue weighted by atomic mass is 9.74. The number of thiophene rings is 1. The highest BCUT2D eigenvalue weighted by molar-refractivity contribution is 7.10. The molecule has 33 heavy (non-hydrogen) atoms. The van der Waals surface area contributed by atoms with Gasteiger partial charge < -0.3 is 11.1 Å². The number of benzene rings is 2. The van der Waals surface area contributed by atoms with Gasteiger partial charge in [-0.2, -0.15) is 0 Å². The smallest absolute Gasteiger partial charge is 0.231 e. The van der Waals surface area contributed by atoms with Crippen LogP contribution in [0, 0.1) is 18.8 Å². The molecule has 3 aromatic rings. The van der Waals surface area contributed by atoms with E-state index < -0.39 is 5.41 Å². The van der Waals surface area contributed by atoms with Crippen LogP contribution in [0.3, 0.4) is 0 Å². The summed E-state index contributed by atoms with van der Waals surface area (Å²) in [6, 6.07) is 19.9. The van der Waals surface area contributed by atoms with Gasteiger partial charge in [0.15, 0.2) is 0 Å². The molecule has 0 saturated heterocycles. The summed E-state index contributed by atoms with van der Waals surface area (Å²) in [6.07, 6.45) is 1.41. The van der Waals surface area contributed by atoms with Crippen molar-refractivity contribution in [1.29, 1.82) is 0 Å². The Balaban J connectivity index is 1.95. The molecule has 2 aromatic carbocycles. The predicted octanol–water partition coefficient (Wildman–Crippen LogP) is 6.40. The lowest BCUT2D eigenvalue weighted by Crippen LogP contribution is -2.25. The van der Waals surface area contributed by atoms with Crippen molar-refractivity contribution >= 4 is 22.9 Å². The van der Waals surface area contributed by atoms with Crippen LogP contribution < -0.4 is 11.1 Å². The number of carbonyl (C=O) groups is 1. The fourth-order valence-corrected chi connectivity index (χ4v) is 4.58. The third-order valence-corrected chi connectivity index (χ3v) is 6.89. The largest absolute Gasteiger partial charge is 0.330 e. The van der Waals surface area contributed by atoms with Crippen LogP contribution in [0.15, 0.2) is 78.2 Å². The first kappa shape index (κ1) is 24.5. The lowest BCUT2D eigenvalue weighted by molar-refractivity contribution is -0.117. The summed E-state index contributed by atoms with van der Waals surface area (Å²) < 4.78 is 0. The van der Waals surface area contributed by atoms with Crippen molar-refractivity contribution in [2.24, 2.45) is 5.73 Å². The molecule has 0 aliphatic carbocycles. The van der Waals surface area contributed by atoms with Gasteiger partial charge in [-0.15, -0.1) is 11.3 Å². The monoisotopic (exact) mass is 456 g/mol. The van der Waals surface area contributed by atoms with E-state index in [9.17, 15) is 4.79 Å². The third-order valence-electron chi connectivity index (χ3n) is 6.11. The minimum atomic E-state index is -0.528. The second-order valence-electron chi connectivity index (χ2n) is 8.37. The van der Waals surface area contributed by atoms with Gasteiger partial charge in [0.25, 0.3) is 0 Å². The van der Waals surface area contributed by atoms with Gasteiger partial charge in [0.05, 0.1) is 16.2 Å². The van der Waals surface area contributed by atoms with E-state index in [2.05, 4.69) is 44.5 Å². The molecule has 0 spiro atoms. The average molecular weight is 457 g/mol. The molecule has 3 N–H and O–H groups in total. The Morgan fingerprint density at radius 1 is 1.18 bits per heavy atom. The number of nitrogens with two attached hydrogens (primary N) is 1. The van der Waals surface area contributed by atoms with E-state index in [0.29, 0.717) is 13.0 Å². The summed E-state index contributed by atoms with van der Waals surface area (Å²) in [5.74, 6) is 6.47. The first-order valence-electron chi connectivity index (χ1n) is 11.3. The Bertz CT molecular complexity index is 1160. The van der Waals surface area contributed by atoms with Crippen LogP contribution in [0.4, 0.5) is 5.69 Å². The summed E-state index contributed by atoms with van der Waals surface area (Å²) in [4.78, 5) is 14.2. The number of allylic oxidation sites excluding steroid dienone is 1. The lowest BCUT2D eigenvalue weighted by Gasteiger charge is -2.29. The predicted molar refractivity (Wildman–Crippen MR) is 141 cm³/mol. The quantitative estimate of drug-likeness (QED) is 0.304. The van der Waals surface area contributed by atoms with Gasteiger partial charge in [0.2, 0.25) is 5.91 Å². The highest BCUT2D eigenvalue weighted by Crippen LogP contribution is 2.36. The molecule has 0 aliphatic heterocycles. The maximum absolute atomic E-state index is 13.2. The number of carbonyl (C=O) groups excluding carboxylic acids is 1. The normalized spacial score (nSPS) is 13.3. The number of hydrogen-bond donors (Lipinski definition) is 2. The average Bonchev–Trinajstić information content (AvgIpc) is 3.36. The molecular formula is C29H32N2OS. The summed E-state index contributed by atoms with van der Waals surface area (Å²) in [5.41, 5.74) is 10.2. The van der Waals surface area contributed by atoms with E-state index in [-0.39, 0.29) is 11.8 Å². The van der Waals surface area contributed by atoms with Gasteiger partial charge in [-0.1, -0.05) is 73.4 Å². The Morgan fingerprint density at radius 3 is 2.58 bits per heavy atom. The number of rotatable bonds is 8. The molecule has 1 heterocycles. The molecule has 3 nitrogen and oxygen atoms in total. The zero-order chi connectivity index (χ0) is 23.8. The minimum Gasteiger partial charge on any atom is -0.330 e. The zero-order valence-electron chi connectivity index (χ0n) is 19.7. The van der Waals surface area contributed by atoms with Gasteiger partial charge >= 0.3 is 0 Å². The molecule has 1 amide bonds. The molecule has 4 heteroatoms. The minimum absolute atomic E-state index is 0.0536. The van der Waals surface area contributed by atoms with Crippen LogP contribution in [0.5, 0.6) is 0 Å². The first-order chi connectivity index (χ1) is 15.9. The molecule has 0 aliphatic rings. The van der Waals surface area contributed by atoms with E-state index >= 15 is 0 Å². The SMILES string of the molecule is C=C(CC)C(C)(C#Cc1cccs1)c1cc(NC(=O)C(CCN)c2ccccc2)ccc1C. The maximum atomic E-state index is 13.2. The Hall–Kier alpha value is -3.13. The van der Waals surface area contributed by atoms with Crippen molar-refractivity contribution in [2.45, 2.75) is 44.9 Å². The van der Waals surface area contributed by atoms with Crippen LogP contribution in [0.25, 0.3) is 0 Å². The summed E-state index contributed by atoms with van der Waals surface area (Å²) in [6.45, 7) is 11.1. The summed E-state index contributed by atoms with van der Waals surface area (Å²) >= 11 is 1.63. The van der Waals surface area contributed by atoms with Crippen LogP contribution >= 0.6 is 11.3 Å². The topological polar surface area (TPSA) is 55.1 Å². The van der Waals surface area contributed by atoms with Crippen molar-refractivity contribution < 1.29 is 4.79 Å². The highest BCUT2D eigenvalue weighted by atomic mass is 32.1. The van der Waals surface area contributed by atoms with E-state index in [0.717, 1.165) is 39.2 Å². The molecule has 2 unspecified atom stereocenters. The van der Waals surface area contributed by atoms with Crippen LogP contribution in [-0.4, -0.2) is 12.5 Å². The van der Waals surface area contributed by atoms with Gasteiger partial charge in [-0.25, -0.2) is 0 Å². The highest BCUT2D eigenvalue weighted by Gasteiger charge is 2.29. The van der Waals surface area contributed by atoms with Crippen LogP contribution in [0.2, 0.25) is 0 Å². The molecule has 0 fully saturated rings. The number of anilines is 1. The Labute approximate surface area is 201 Å². The van der Waals surface area contributed by atoms with Crippen molar-refractivity contribution in [3.05, 3.63) is 99.8 Å². The van der Waals surface area contributed by atoms with E-state index in [1.165, 1.54) is 0 Å². The number of hydrogen-bond acceptors (Lipinski definition) is 3. The van der Waals surface area contributed by atoms with Crippen molar-refractivity contribution in [1.82, 2.24) is 0 Å². The van der Waals surface area contributed by atoms with E-state index in [1.54, 1.807) is 11.3 Å². The van der Waals surface area contributed by atoms with Gasteiger partial charge in [0.1, 0.15) is 0 Å². The number of aryl methyl sites for hydroxylation is 1. The van der Waals surface area contributed by atoms with E-state index in [4.69, 9.17) is 5.73 Å². The van der Waals surface area contributed by atoms with Crippen LogP contribution in [0.1, 0.15) is 54.2 Å². The zero-order valence-corrected chi connectivity index (χ0v) is 20.5. The van der Waals surface area contributed by atoms with Crippen LogP contribution in [-0.2, 0) is 10.2 Å². The van der Waals surface area contributed by atoms with Gasteiger partial charge in [-0.05, 0) is 73.5 Å². The molecule has 1 aromatic heterocycles. The van der Waals surface area contributed by atoms with Gasteiger partial charge in [0, 0.05) is 5.69 Å². The Kier molecular flexibility index (Phi) is 8.27. The van der Waals surface area contributed by atoms with Gasteiger partial charge in [-0.3, -0.25) is 4.79 Å². The molecular weight excluding hydrogens is 424 g/mol. The van der Waals surface area contributed by atoms with E-state index in [1.807, 2.05) is 66.0 Å². The van der Waals surface area contributed by atoms with Crippen molar-refractivity contribution in [2.75, 3.05) is 11.9 Å². The Morgan fingerprint density at radius 2 is 1.94 bits per heavy atom. The second kappa shape index (κ2) is 11.1. The molecule has 0 saturated carbocycles. The first-order valence-corrected chi connectivity index (χ1v) is 12.2.